The van der Waals surface area contributed by atoms with Crippen LogP contribution in [0.25, 0.3) is 16.7 Å². The van der Waals surface area contributed by atoms with Crippen molar-refractivity contribution in [2.75, 3.05) is 5.32 Å². The van der Waals surface area contributed by atoms with Gasteiger partial charge in [-0.25, -0.2) is 0 Å². The number of amides is 1. The van der Waals surface area contributed by atoms with Crippen molar-refractivity contribution in [3.05, 3.63) is 108 Å². The number of benzene rings is 4. The molecule has 0 fully saturated rings. The minimum Gasteiger partial charge on any atom is -0.377 e. The summed E-state index contributed by atoms with van der Waals surface area (Å²) in [5.41, 5.74) is 3.38. The molecular formula is C26H20N4O4S. The van der Waals surface area contributed by atoms with Crippen molar-refractivity contribution in [2.45, 2.75) is 11.8 Å². The van der Waals surface area contributed by atoms with E-state index in [-0.39, 0.29) is 16.2 Å². The standard InChI is InChI=1S/C26H20N4O4S/c1-18-14-15-25(24(16-18)30-28-22-12-5-6-13-23(22)29-30)34-35(32,33)21-11-7-8-19(17-21)26(31)27-20-9-3-2-4-10-20/h2-17H,1H3,(H,27,31). The molecule has 1 heterocycles. The molecule has 0 saturated carbocycles. The Kier molecular flexibility index (Phi) is 5.76. The van der Waals surface area contributed by atoms with Gasteiger partial charge in [-0.05, 0) is 67.1 Å². The molecule has 35 heavy (non-hydrogen) atoms. The molecule has 0 aliphatic rings. The molecule has 0 aliphatic carbocycles. The maximum Gasteiger partial charge on any atom is 0.339 e. The van der Waals surface area contributed by atoms with Gasteiger partial charge in [-0.2, -0.15) is 8.42 Å². The van der Waals surface area contributed by atoms with Crippen LogP contribution >= 0.6 is 0 Å². The van der Waals surface area contributed by atoms with Crippen molar-refractivity contribution >= 4 is 32.7 Å². The summed E-state index contributed by atoms with van der Waals surface area (Å²) >= 11 is 0. The minimum absolute atomic E-state index is 0.0649. The number of aromatic nitrogens is 3. The second-order valence-electron chi connectivity index (χ2n) is 7.83. The smallest absolute Gasteiger partial charge is 0.339 e. The molecule has 9 heteroatoms. The second-order valence-corrected chi connectivity index (χ2v) is 9.38. The Morgan fingerprint density at radius 1 is 0.829 bits per heavy atom. The van der Waals surface area contributed by atoms with Crippen LogP contribution in [0, 0.1) is 6.92 Å². The lowest BCUT2D eigenvalue weighted by Crippen LogP contribution is -2.15. The maximum atomic E-state index is 13.2. The van der Waals surface area contributed by atoms with E-state index in [1.165, 1.54) is 29.1 Å². The number of hydrogen-bond acceptors (Lipinski definition) is 6. The summed E-state index contributed by atoms with van der Waals surface area (Å²) in [6.07, 6.45) is 0. The highest BCUT2D eigenvalue weighted by Crippen LogP contribution is 2.28. The van der Waals surface area contributed by atoms with Gasteiger partial charge in [0.05, 0.1) is 0 Å². The molecule has 0 bridgehead atoms. The first kappa shape index (κ1) is 22.3. The number of fused-ring (bicyclic) bond motifs is 1. The maximum absolute atomic E-state index is 13.2. The van der Waals surface area contributed by atoms with Gasteiger partial charge in [0.15, 0.2) is 5.75 Å². The summed E-state index contributed by atoms with van der Waals surface area (Å²) in [6, 6.07) is 27.0. The highest BCUT2D eigenvalue weighted by atomic mass is 32.2. The van der Waals surface area contributed by atoms with Crippen molar-refractivity contribution in [3.8, 4) is 11.4 Å². The van der Waals surface area contributed by atoms with Gasteiger partial charge in [0.25, 0.3) is 5.91 Å². The zero-order valence-corrected chi connectivity index (χ0v) is 19.4. The Hall–Kier alpha value is -4.50. The molecule has 0 saturated heterocycles. The van der Waals surface area contributed by atoms with Gasteiger partial charge in [0.2, 0.25) is 0 Å². The van der Waals surface area contributed by atoms with Crippen LogP contribution in [0.1, 0.15) is 15.9 Å². The zero-order chi connectivity index (χ0) is 24.4. The predicted octanol–water partition coefficient (Wildman–Crippen LogP) is 4.75. The molecule has 4 aromatic carbocycles. The summed E-state index contributed by atoms with van der Waals surface area (Å²) in [5, 5.41) is 11.6. The van der Waals surface area contributed by atoms with Crippen LogP contribution in [-0.2, 0) is 10.1 Å². The molecule has 1 aromatic heterocycles. The lowest BCUT2D eigenvalue weighted by atomic mass is 10.2. The predicted molar refractivity (Wildman–Crippen MR) is 132 cm³/mol. The number of hydrogen-bond donors (Lipinski definition) is 1. The molecule has 1 N–H and O–H groups in total. The fourth-order valence-electron chi connectivity index (χ4n) is 3.51. The van der Waals surface area contributed by atoms with E-state index in [2.05, 4.69) is 15.5 Å². The van der Waals surface area contributed by atoms with Gasteiger partial charge >= 0.3 is 10.1 Å². The fourth-order valence-corrected chi connectivity index (χ4v) is 4.50. The van der Waals surface area contributed by atoms with E-state index in [1.54, 1.807) is 42.5 Å². The molecule has 5 rings (SSSR count). The molecule has 8 nitrogen and oxygen atoms in total. The Balaban J connectivity index is 1.46. The third-order valence-corrected chi connectivity index (χ3v) is 6.46. The number of carbonyl (C=O) groups is 1. The van der Waals surface area contributed by atoms with Crippen molar-refractivity contribution in [1.29, 1.82) is 0 Å². The summed E-state index contributed by atoms with van der Waals surface area (Å²) in [4.78, 5) is 13.9. The van der Waals surface area contributed by atoms with Gasteiger partial charge in [-0.15, -0.1) is 15.0 Å². The van der Waals surface area contributed by atoms with Crippen LogP contribution in [0.5, 0.6) is 5.75 Å². The van der Waals surface area contributed by atoms with Gasteiger partial charge in [-0.3, -0.25) is 4.79 Å². The Labute approximate surface area is 201 Å². The van der Waals surface area contributed by atoms with Crippen LogP contribution in [0.2, 0.25) is 0 Å². The summed E-state index contributed by atoms with van der Waals surface area (Å²) in [6.45, 7) is 1.87. The lowest BCUT2D eigenvalue weighted by molar-refractivity contribution is 0.102. The first-order valence-electron chi connectivity index (χ1n) is 10.7. The molecule has 0 spiro atoms. The molecule has 5 aromatic rings. The molecule has 174 valence electrons. The number of nitrogens with one attached hydrogen (secondary N) is 1. The zero-order valence-electron chi connectivity index (χ0n) is 18.6. The molecule has 0 aliphatic heterocycles. The van der Waals surface area contributed by atoms with E-state index in [9.17, 15) is 13.2 Å². The largest absolute Gasteiger partial charge is 0.377 e. The van der Waals surface area contributed by atoms with Crippen LogP contribution in [0.3, 0.4) is 0 Å². The Morgan fingerprint density at radius 3 is 2.23 bits per heavy atom. The quantitative estimate of drug-likeness (QED) is 0.349. The van der Waals surface area contributed by atoms with E-state index in [0.29, 0.717) is 22.4 Å². The number of para-hydroxylation sites is 1. The van der Waals surface area contributed by atoms with E-state index in [1.807, 2.05) is 37.3 Å². The number of nitrogens with zero attached hydrogens (tertiary/aromatic N) is 3. The molecule has 0 radical (unpaired) electrons. The topological polar surface area (TPSA) is 103 Å². The summed E-state index contributed by atoms with van der Waals surface area (Å²) < 4.78 is 31.9. The number of carbonyl (C=O) groups excluding carboxylic acids is 1. The van der Waals surface area contributed by atoms with Gasteiger partial charge in [-0.1, -0.05) is 42.5 Å². The van der Waals surface area contributed by atoms with Gasteiger partial charge in [0, 0.05) is 11.3 Å². The molecular weight excluding hydrogens is 464 g/mol. The van der Waals surface area contributed by atoms with Crippen molar-refractivity contribution in [3.63, 3.8) is 0 Å². The third kappa shape index (κ3) is 4.75. The monoisotopic (exact) mass is 484 g/mol. The average molecular weight is 485 g/mol. The van der Waals surface area contributed by atoms with Crippen molar-refractivity contribution in [2.24, 2.45) is 0 Å². The molecule has 0 unspecified atom stereocenters. The lowest BCUT2D eigenvalue weighted by Gasteiger charge is -2.12. The first-order valence-corrected chi connectivity index (χ1v) is 12.1. The molecule has 1 amide bonds. The number of anilines is 1. The molecule has 0 atom stereocenters. The van der Waals surface area contributed by atoms with Gasteiger partial charge < -0.3 is 9.50 Å². The summed E-state index contributed by atoms with van der Waals surface area (Å²) in [7, 11) is -4.26. The van der Waals surface area contributed by atoms with Crippen LogP contribution in [-0.4, -0.2) is 29.3 Å². The highest BCUT2D eigenvalue weighted by molar-refractivity contribution is 7.87. The minimum atomic E-state index is -4.26. The Bertz CT molecular complexity index is 1610. The Morgan fingerprint density at radius 2 is 1.51 bits per heavy atom. The third-order valence-electron chi connectivity index (χ3n) is 5.23. The van der Waals surface area contributed by atoms with E-state index >= 15 is 0 Å². The first-order chi connectivity index (χ1) is 16.9. The van der Waals surface area contributed by atoms with E-state index in [0.717, 1.165) is 5.56 Å². The normalized spacial score (nSPS) is 11.3. The average Bonchev–Trinajstić information content (AvgIpc) is 3.30. The fraction of sp³-hybridized carbons (Fsp3) is 0.0385. The second kappa shape index (κ2) is 9.03. The van der Waals surface area contributed by atoms with Crippen LogP contribution < -0.4 is 9.50 Å². The number of rotatable bonds is 6. The van der Waals surface area contributed by atoms with Crippen molar-refractivity contribution in [1.82, 2.24) is 15.0 Å². The SMILES string of the molecule is Cc1ccc(OS(=O)(=O)c2cccc(C(=O)Nc3ccccc3)c2)c(-n2nc3ccccc3n2)c1. The van der Waals surface area contributed by atoms with Crippen LogP contribution in [0.15, 0.2) is 102 Å². The van der Waals surface area contributed by atoms with E-state index in [4.69, 9.17) is 4.18 Å². The summed E-state index contributed by atoms with van der Waals surface area (Å²) in [5.74, 6) is -0.369. The van der Waals surface area contributed by atoms with Crippen LogP contribution in [0.4, 0.5) is 5.69 Å². The van der Waals surface area contributed by atoms with Crippen molar-refractivity contribution < 1.29 is 17.4 Å². The van der Waals surface area contributed by atoms with E-state index < -0.39 is 16.0 Å². The number of aryl methyl sites for hydroxylation is 1. The highest BCUT2D eigenvalue weighted by Gasteiger charge is 2.22. The van der Waals surface area contributed by atoms with Gasteiger partial charge in [0.1, 0.15) is 21.6 Å².